The summed E-state index contributed by atoms with van der Waals surface area (Å²) < 4.78 is 34.9. The van der Waals surface area contributed by atoms with Gasteiger partial charge in [-0.1, -0.05) is 25.8 Å². The van der Waals surface area contributed by atoms with Crippen LogP contribution in [0.25, 0.3) is 0 Å². The van der Waals surface area contributed by atoms with E-state index in [-0.39, 0.29) is 0 Å². The first-order valence-electron chi connectivity index (χ1n) is 5.36. The zero-order valence-electron chi connectivity index (χ0n) is 9.83. The van der Waals surface area contributed by atoms with Gasteiger partial charge < -0.3 is 4.74 Å². The van der Waals surface area contributed by atoms with Gasteiger partial charge in [0.2, 0.25) is 0 Å². The summed E-state index contributed by atoms with van der Waals surface area (Å²) >= 11 is 0. The Morgan fingerprint density at radius 1 is 1.47 bits per heavy atom. The van der Waals surface area contributed by atoms with E-state index in [1.807, 2.05) is 6.92 Å². The lowest BCUT2D eigenvalue weighted by molar-refractivity contribution is -0.138. The van der Waals surface area contributed by atoms with Crippen LogP contribution in [0.1, 0.15) is 32.6 Å². The van der Waals surface area contributed by atoms with Gasteiger partial charge in [0.25, 0.3) is 10.1 Å². The highest BCUT2D eigenvalue weighted by molar-refractivity contribution is 7.86. The molecule has 5 nitrogen and oxygen atoms in total. The van der Waals surface area contributed by atoms with Crippen molar-refractivity contribution in [3.63, 3.8) is 0 Å². The molecular formula is C11H18O5S. The molecule has 0 aliphatic heterocycles. The van der Waals surface area contributed by atoms with E-state index in [1.54, 1.807) is 0 Å². The van der Waals surface area contributed by atoms with E-state index >= 15 is 0 Å². The number of hydrogen-bond donors (Lipinski definition) is 1. The minimum atomic E-state index is -4.23. The fraction of sp³-hybridized carbons (Fsp3) is 0.545. The van der Waals surface area contributed by atoms with Crippen molar-refractivity contribution in [2.45, 2.75) is 37.9 Å². The normalized spacial score (nSPS) is 13.5. The Labute approximate surface area is 102 Å². The van der Waals surface area contributed by atoms with Gasteiger partial charge >= 0.3 is 5.97 Å². The minimum Gasteiger partial charge on any atom is -0.435 e. The molecule has 0 aliphatic carbocycles. The molecule has 17 heavy (non-hydrogen) atoms. The Kier molecular flexibility index (Phi) is 7.49. The van der Waals surface area contributed by atoms with Gasteiger partial charge in [0.15, 0.2) is 0 Å². The Balaban J connectivity index is 4.09. The van der Waals surface area contributed by atoms with Crippen LogP contribution in [0.3, 0.4) is 0 Å². The van der Waals surface area contributed by atoms with Crippen molar-refractivity contribution in [3.8, 4) is 0 Å². The molecule has 0 aromatic rings. The van der Waals surface area contributed by atoms with Gasteiger partial charge in [-0.2, -0.15) is 8.42 Å². The Morgan fingerprint density at radius 3 is 2.59 bits per heavy atom. The Hall–Kier alpha value is -1.14. The maximum Gasteiger partial charge on any atom is 0.310 e. The summed E-state index contributed by atoms with van der Waals surface area (Å²) in [5.74, 6) is -0.423. The molecule has 0 aromatic heterocycles. The molecule has 0 saturated heterocycles. The van der Waals surface area contributed by atoms with Crippen molar-refractivity contribution in [2.24, 2.45) is 0 Å². The van der Waals surface area contributed by atoms with Gasteiger partial charge in [-0.25, -0.2) is 0 Å². The van der Waals surface area contributed by atoms with E-state index in [0.717, 1.165) is 37.7 Å². The third-order valence-electron chi connectivity index (χ3n) is 2.03. The number of unbranched alkanes of at least 4 members (excludes halogenated alkanes) is 2. The smallest absolute Gasteiger partial charge is 0.310 e. The SMILES string of the molecule is C=CC(C=COC(=O)CCCCC)S(=O)(=O)O. The average Bonchev–Trinajstić information content (AvgIpc) is 2.23. The molecular weight excluding hydrogens is 244 g/mol. The van der Waals surface area contributed by atoms with Crippen LogP contribution in [0, 0.1) is 0 Å². The molecule has 1 N–H and O–H groups in total. The highest BCUT2D eigenvalue weighted by Gasteiger charge is 2.15. The first-order valence-corrected chi connectivity index (χ1v) is 6.87. The van der Waals surface area contributed by atoms with Gasteiger partial charge in [0.05, 0.1) is 6.26 Å². The second kappa shape index (κ2) is 8.03. The fourth-order valence-electron chi connectivity index (χ4n) is 1.07. The van der Waals surface area contributed by atoms with Crippen molar-refractivity contribution in [3.05, 3.63) is 25.0 Å². The highest BCUT2D eigenvalue weighted by Crippen LogP contribution is 2.04. The highest BCUT2D eigenvalue weighted by atomic mass is 32.2. The molecule has 98 valence electrons. The molecule has 0 saturated carbocycles. The molecule has 1 unspecified atom stereocenters. The monoisotopic (exact) mass is 262 g/mol. The van der Waals surface area contributed by atoms with E-state index in [2.05, 4.69) is 11.3 Å². The van der Waals surface area contributed by atoms with Gasteiger partial charge in [-0.3, -0.25) is 9.35 Å². The molecule has 0 fully saturated rings. The molecule has 0 radical (unpaired) electrons. The van der Waals surface area contributed by atoms with Crippen molar-refractivity contribution in [2.75, 3.05) is 0 Å². The number of esters is 1. The number of rotatable bonds is 8. The summed E-state index contributed by atoms with van der Waals surface area (Å²) in [4.78, 5) is 11.1. The number of carbonyl (C=O) groups is 1. The summed E-state index contributed by atoms with van der Waals surface area (Å²) in [6.45, 7) is 5.27. The van der Waals surface area contributed by atoms with E-state index in [4.69, 9.17) is 4.55 Å². The maximum absolute atomic E-state index is 11.1. The predicted molar refractivity (Wildman–Crippen MR) is 64.9 cm³/mol. The molecule has 0 aliphatic rings. The molecule has 0 aromatic carbocycles. The molecule has 0 spiro atoms. The third kappa shape index (κ3) is 7.70. The van der Waals surface area contributed by atoms with Crippen LogP contribution < -0.4 is 0 Å². The summed E-state index contributed by atoms with van der Waals surface area (Å²) in [5.41, 5.74) is 0. The molecule has 0 heterocycles. The van der Waals surface area contributed by atoms with E-state index in [0.29, 0.717) is 6.42 Å². The second-order valence-corrected chi connectivity index (χ2v) is 5.07. The van der Waals surface area contributed by atoms with Crippen molar-refractivity contribution in [1.82, 2.24) is 0 Å². The van der Waals surface area contributed by atoms with E-state index < -0.39 is 21.3 Å². The van der Waals surface area contributed by atoms with Crippen LogP contribution in [0.2, 0.25) is 0 Å². The summed E-state index contributed by atoms with van der Waals surface area (Å²) in [7, 11) is -4.23. The number of ether oxygens (including phenoxy) is 1. The Bertz CT molecular complexity index is 369. The zero-order chi connectivity index (χ0) is 13.3. The van der Waals surface area contributed by atoms with Gasteiger partial charge in [0.1, 0.15) is 5.25 Å². The molecule has 6 heteroatoms. The topological polar surface area (TPSA) is 80.7 Å². The fourth-order valence-corrected chi connectivity index (χ4v) is 1.58. The van der Waals surface area contributed by atoms with Crippen LogP contribution in [-0.2, 0) is 19.6 Å². The summed E-state index contributed by atoms with van der Waals surface area (Å²) in [6.07, 6.45) is 6.05. The second-order valence-electron chi connectivity index (χ2n) is 3.49. The van der Waals surface area contributed by atoms with Crippen molar-refractivity contribution >= 4 is 16.1 Å². The Morgan fingerprint density at radius 2 is 2.12 bits per heavy atom. The average molecular weight is 262 g/mol. The largest absolute Gasteiger partial charge is 0.435 e. The number of carbonyl (C=O) groups excluding carboxylic acids is 1. The molecule has 0 bridgehead atoms. The van der Waals surface area contributed by atoms with E-state index in [9.17, 15) is 13.2 Å². The van der Waals surface area contributed by atoms with Gasteiger partial charge in [-0.05, 0) is 12.5 Å². The van der Waals surface area contributed by atoms with Crippen molar-refractivity contribution in [1.29, 1.82) is 0 Å². The molecule has 0 amide bonds. The van der Waals surface area contributed by atoms with Gasteiger partial charge in [0, 0.05) is 6.42 Å². The van der Waals surface area contributed by atoms with Crippen LogP contribution in [-0.4, -0.2) is 24.2 Å². The lowest BCUT2D eigenvalue weighted by Gasteiger charge is -2.02. The van der Waals surface area contributed by atoms with E-state index in [1.165, 1.54) is 0 Å². The summed E-state index contributed by atoms with van der Waals surface area (Å²) in [6, 6.07) is 0. The minimum absolute atomic E-state index is 0.294. The standard InChI is InChI=1S/C11H18O5S/c1-3-5-6-7-11(12)16-9-8-10(4-2)17(13,14)15/h4,8-10H,2-3,5-7H2,1H3,(H,13,14,15). The third-order valence-corrected chi connectivity index (χ3v) is 3.07. The lowest BCUT2D eigenvalue weighted by Crippen LogP contribution is -2.15. The quantitative estimate of drug-likeness (QED) is 0.238. The zero-order valence-corrected chi connectivity index (χ0v) is 10.6. The predicted octanol–water partition coefficient (Wildman–Crippen LogP) is 2.07. The first kappa shape index (κ1) is 15.9. The van der Waals surface area contributed by atoms with Gasteiger partial charge in [-0.15, -0.1) is 6.58 Å². The van der Waals surface area contributed by atoms with Crippen LogP contribution in [0.4, 0.5) is 0 Å². The summed E-state index contributed by atoms with van der Waals surface area (Å²) in [5, 5.41) is -1.26. The molecule has 0 rings (SSSR count). The van der Waals surface area contributed by atoms with Crippen LogP contribution >= 0.6 is 0 Å². The lowest BCUT2D eigenvalue weighted by atomic mass is 10.2. The maximum atomic E-state index is 11.1. The number of hydrogen-bond acceptors (Lipinski definition) is 4. The van der Waals surface area contributed by atoms with Crippen molar-refractivity contribution < 1.29 is 22.5 Å². The van der Waals surface area contributed by atoms with Crippen LogP contribution in [0.15, 0.2) is 25.0 Å². The van der Waals surface area contributed by atoms with Crippen LogP contribution in [0.5, 0.6) is 0 Å². The first-order chi connectivity index (χ1) is 7.91. The molecule has 1 atom stereocenters.